The van der Waals surface area contributed by atoms with E-state index in [1.807, 2.05) is 33.0 Å². The van der Waals surface area contributed by atoms with E-state index in [0.717, 1.165) is 48.1 Å². The van der Waals surface area contributed by atoms with Crippen molar-refractivity contribution in [3.8, 4) is 0 Å². The quantitative estimate of drug-likeness (QED) is 0.753. The Morgan fingerprint density at radius 3 is 2.73 bits per heavy atom. The number of piperidine rings is 1. The molecule has 0 spiro atoms. The fourth-order valence-corrected chi connectivity index (χ4v) is 5.10. The van der Waals surface area contributed by atoms with Gasteiger partial charge in [0, 0.05) is 42.9 Å². The molecule has 2 aromatic rings. The minimum Gasteiger partial charge on any atom is -0.444 e. The van der Waals surface area contributed by atoms with E-state index in [4.69, 9.17) is 4.74 Å². The topological polar surface area (TPSA) is 74.8 Å². The molecule has 2 aliphatic rings. The fourth-order valence-electron chi connectivity index (χ4n) is 5.10. The molecule has 2 amide bonds. The smallest absolute Gasteiger partial charge is 0.410 e. The summed E-state index contributed by atoms with van der Waals surface area (Å²) in [4.78, 5) is 34.4. The van der Waals surface area contributed by atoms with Crippen molar-refractivity contribution in [1.82, 2.24) is 15.2 Å². The van der Waals surface area contributed by atoms with E-state index in [1.165, 1.54) is 0 Å². The van der Waals surface area contributed by atoms with Crippen LogP contribution in [0.5, 0.6) is 0 Å². The Bertz CT molecular complexity index is 1030. The number of likely N-dealkylation sites (tertiary alicyclic amines) is 1. The second kappa shape index (κ2) is 9.20. The van der Waals surface area contributed by atoms with Gasteiger partial charge in [-0.15, -0.1) is 0 Å². The standard InChI is InChI=1S/C26H36N4O3/c1-17-14-19(28-24(31)22-9-7-13-30(22)25(32)33-26(3,4)5)16-29(15-17)21-11-10-18(2)23-20(21)8-6-12-27-23/h6,8,10-12,17,19,22H,7,9,13-16H2,1-5H3,(H,28,31)/t17-,19+,22-/m0/s1. The van der Waals surface area contributed by atoms with E-state index < -0.39 is 17.7 Å². The third-order valence-electron chi connectivity index (χ3n) is 6.48. The van der Waals surface area contributed by atoms with Crippen molar-refractivity contribution in [2.75, 3.05) is 24.5 Å². The predicted molar refractivity (Wildman–Crippen MR) is 130 cm³/mol. The molecule has 2 fully saturated rings. The fraction of sp³-hybridized carbons (Fsp3) is 0.577. The highest BCUT2D eigenvalue weighted by atomic mass is 16.6. The van der Waals surface area contributed by atoms with Crippen molar-refractivity contribution in [2.24, 2.45) is 5.92 Å². The molecule has 1 aromatic carbocycles. The van der Waals surface area contributed by atoms with E-state index in [0.29, 0.717) is 18.9 Å². The lowest BCUT2D eigenvalue weighted by Crippen LogP contribution is -2.55. The number of fused-ring (bicyclic) bond motifs is 1. The van der Waals surface area contributed by atoms with Crippen LogP contribution in [0.1, 0.15) is 52.5 Å². The summed E-state index contributed by atoms with van der Waals surface area (Å²) in [5, 5.41) is 4.39. The Labute approximate surface area is 196 Å². The predicted octanol–water partition coefficient (Wildman–Crippen LogP) is 4.27. The maximum absolute atomic E-state index is 13.2. The minimum absolute atomic E-state index is 0.0235. The molecule has 0 aliphatic carbocycles. The Balaban J connectivity index is 1.47. The van der Waals surface area contributed by atoms with Crippen molar-refractivity contribution in [2.45, 2.75) is 71.6 Å². The molecule has 3 atom stereocenters. The Hall–Kier alpha value is -2.83. The Morgan fingerprint density at radius 2 is 1.97 bits per heavy atom. The number of aryl methyl sites for hydroxylation is 1. The first kappa shape index (κ1) is 23.3. The van der Waals surface area contributed by atoms with Gasteiger partial charge in [0.2, 0.25) is 5.91 Å². The molecule has 3 heterocycles. The summed E-state index contributed by atoms with van der Waals surface area (Å²) in [7, 11) is 0. The molecule has 0 radical (unpaired) electrons. The largest absolute Gasteiger partial charge is 0.444 e. The molecule has 7 nitrogen and oxygen atoms in total. The number of carbonyl (C=O) groups excluding carboxylic acids is 2. The number of pyridine rings is 1. The van der Waals surface area contributed by atoms with Crippen LogP contribution in [0.2, 0.25) is 0 Å². The van der Waals surface area contributed by atoms with Gasteiger partial charge in [0.15, 0.2) is 0 Å². The summed E-state index contributed by atoms with van der Waals surface area (Å²) in [5.74, 6) is 0.357. The first-order valence-electron chi connectivity index (χ1n) is 12.0. The highest BCUT2D eigenvalue weighted by molar-refractivity contribution is 5.94. The van der Waals surface area contributed by atoms with Crippen LogP contribution in [-0.2, 0) is 9.53 Å². The van der Waals surface area contributed by atoms with Crippen LogP contribution in [0.15, 0.2) is 30.5 Å². The number of hydrogen-bond donors (Lipinski definition) is 1. The van der Waals surface area contributed by atoms with E-state index in [1.54, 1.807) is 4.90 Å². The van der Waals surface area contributed by atoms with Crippen LogP contribution in [0.25, 0.3) is 10.9 Å². The second-order valence-electron chi connectivity index (χ2n) is 10.6. The maximum Gasteiger partial charge on any atom is 0.410 e. The lowest BCUT2D eigenvalue weighted by molar-refractivity contribution is -0.126. The van der Waals surface area contributed by atoms with Gasteiger partial charge in [-0.1, -0.05) is 13.0 Å². The summed E-state index contributed by atoms with van der Waals surface area (Å²) in [6.45, 7) is 12.1. The van der Waals surface area contributed by atoms with Gasteiger partial charge in [-0.25, -0.2) is 4.79 Å². The van der Waals surface area contributed by atoms with E-state index in [9.17, 15) is 9.59 Å². The van der Waals surface area contributed by atoms with E-state index in [2.05, 4.69) is 47.2 Å². The number of nitrogens with zero attached hydrogens (tertiary/aromatic N) is 3. The zero-order valence-electron chi connectivity index (χ0n) is 20.4. The SMILES string of the molecule is Cc1ccc(N2C[C@@H](C)C[C@@H](NC(=O)[C@@H]3CCCN3C(=O)OC(C)(C)C)C2)c2cccnc12. The van der Waals surface area contributed by atoms with Crippen LogP contribution in [0, 0.1) is 12.8 Å². The van der Waals surface area contributed by atoms with Gasteiger partial charge in [-0.2, -0.15) is 0 Å². The van der Waals surface area contributed by atoms with Crippen molar-refractivity contribution >= 4 is 28.6 Å². The molecular weight excluding hydrogens is 416 g/mol. The summed E-state index contributed by atoms with van der Waals surface area (Å²) in [6.07, 6.45) is 3.83. The number of rotatable bonds is 3. The third-order valence-corrected chi connectivity index (χ3v) is 6.48. The average molecular weight is 453 g/mol. The molecule has 33 heavy (non-hydrogen) atoms. The lowest BCUT2D eigenvalue weighted by atomic mass is 9.94. The van der Waals surface area contributed by atoms with Crippen LogP contribution in [0.4, 0.5) is 10.5 Å². The van der Waals surface area contributed by atoms with Crippen molar-refractivity contribution in [3.05, 3.63) is 36.0 Å². The molecule has 2 saturated heterocycles. The molecule has 0 saturated carbocycles. The number of aromatic nitrogens is 1. The number of hydrogen-bond acceptors (Lipinski definition) is 5. The van der Waals surface area contributed by atoms with Gasteiger partial charge in [0.1, 0.15) is 11.6 Å². The van der Waals surface area contributed by atoms with Crippen LogP contribution in [0.3, 0.4) is 0 Å². The van der Waals surface area contributed by atoms with E-state index >= 15 is 0 Å². The highest BCUT2D eigenvalue weighted by Gasteiger charge is 2.38. The van der Waals surface area contributed by atoms with Crippen molar-refractivity contribution in [3.63, 3.8) is 0 Å². The van der Waals surface area contributed by atoms with Gasteiger partial charge in [-0.3, -0.25) is 14.7 Å². The second-order valence-corrected chi connectivity index (χ2v) is 10.6. The van der Waals surface area contributed by atoms with E-state index in [-0.39, 0.29) is 11.9 Å². The maximum atomic E-state index is 13.2. The zero-order chi connectivity index (χ0) is 23.8. The molecular formula is C26H36N4O3. The minimum atomic E-state index is -0.578. The molecule has 1 N–H and O–H groups in total. The molecule has 178 valence electrons. The Kier molecular flexibility index (Phi) is 6.50. The summed E-state index contributed by atoms with van der Waals surface area (Å²) in [5.41, 5.74) is 2.76. The van der Waals surface area contributed by atoms with Gasteiger partial charge < -0.3 is 15.0 Å². The highest BCUT2D eigenvalue weighted by Crippen LogP contribution is 2.31. The van der Waals surface area contributed by atoms with Crippen LogP contribution in [-0.4, -0.2) is 59.2 Å². The van der Waals surface area contributed by atoms with Gasteiger partial charge in [0.25, 0.3) is 0 Å². The first-order chi connectivity index (χ1) is 15.6. The third kappa shape index (κ3) is 5.23. The monoisotopic (exact) mass is 452 g/mol. The summed E-state index contributed by atoms with van der Waals surface area (Å²) in [6, 6.07) is 7.94. The Morgan fingerprint density at radius 1 is 1.18 bits per heavy atom. The number of nitrogens with one attached hydrogen (secondary N) is 1. The van der Waals surface area contributed by atoms with Crippen molar-refractivity contribution in [1.29, 1.82) is 0 Å². The normalized spacial score (nSPS) is 23.6. The summed E-state index contributed by atoms with van der Waals surface area (Å²) < 4.78 is 5.53. The molecule has 7 heteroatoms. The van der Waals surface area contributed by atoms with Gasteiger partial charge in [-0.05, 0) is 76.6 Å². The number of benzene rings is 1. The molecule has 1 aromatic heterocycles. The molecule has 0 bridgehead atoms. The van der Waals surface area contributed by atoms with Crippen molar-refractivity contribution < 1.29 is 14.3 Å². The van der Waals surface area contributed by atoms with Gasteiger partial charge >= 0.3 is 6.09 Å². The summed E-state index contributed by atoms with van der Waals surface area (Å²) >= 11 is 0. The number of ether oxygens (including phenoxy) is 1. The molecule has 4 rings (SSSR count). The van der Waals surface area contributed by atoms with Crippen LogP contribution >= 0.6 is 0 Å². The average Bonchev–Trinajstić information content (AvgIpc) is 3.23. The lowest BCUT2D eigenvalue weighted by Gasteiger charge is -2.39. The number of anilines is 1. The molecule has 0 unspecified atom stereocenters. The zero-order valence-corrected chi connectivity index (χ0v) is 20.4. The number of amides is 2. The van der Waals surface area contributed by atoms with Gasteiger partial charge in [0.05, 0.1) is 5.52 Å². The number of carbonyl (C=O) groups is 2. The first-order valence-corrected chi connectivity index (χ1v) is 12.0. The molecule has 2 aliphatic heterocycles. The van der Waals surface area contributed by atoms with Crippen LogP contribution < -0.4 is 10.2 Å².